The Hall–Kier alpha value is -4.11. The third-order valence-electron chi connectivity index (χ3n) is 7.84. The maximum absolute atomic E-state index is 13.3. The standard InChI is InChI=1S/C30H34N6O3/c1-4-39-27-17-20(29(37)36-15-13-35(14-16-36)21-10-11-21)9-12-23(27)32-28-18-25-26(19-31-28)34(3)30(38)22-7-5-6-8-24(22)33(25)2/h5-9,12,17-19,21H,4,10-11,13-16H2,1-3H3,(H,31,32). The summed E-state index contributed by atoms with van der Waals surface area (Å²) in [7, 11) is 3.71. The molecule has 3 aliphatic rings. The van der Waals surface area contributed by atoms with E-state index in [0.717, 1.165) is 55.0 Å². The number of hydrogen-bond donors (Lipinski definition) is 1. The second kappa shape index (κ2) is 10.2. The Kier molecular flexibility index (Phi) is 6.60. The molecule has 2 aliphatic heterocycles. The molecule has 0 spiro atoms. The third kappa shape index (κ3) is 4.78. The minimum atomic E-state index is -0.0773. The van der Waals surface area contributed by atoms with Gasteiger partial charge in [0.1, 0.15) is 11.6 Å². The van der Waals surface area contributed by atoms with E-state index in [9.17, 15) is 9.59 Å². The molecule has 3 heterocycles. The number of nitrogens with one attached hydrogen (secondary N) is 1. The van der Waals surface area contributed by atoms with Crippen LogP contribution in [0.15, 0.2) is 54.7 Å². The molecule has 2 amide bonds. The number of hydrogen-bond acceptors (Lipinski definition) is 7. The topological polar surface area (TPSA) is 81.2 Å². The molecular weight excluding hydrogens is 492 g/mol. The molecule has 9 nitrogen and oxygen atoms in total. The molecule has 1 aliphatic carbocycles. The average molecular weight is 527 g/mol. The highest BCUT2D eigenvalue weighted by atomic mass is 16.5. The van der Waals surface area contributed by atoms with Crippen LogP contribution in [-0.2, 0) is 0 Å². The Bertz CT molecular complexity index is 1410. The largest absolute Gasteiger partial charge is 0.492 e. The van der Waals surface area contributed by atoms with E-state index in [-0.39, 0.29) is 11.8 Å². The number of amides is 2. The van der Waals surface area contributed by atoms with Gasteiger partial charge in [0, 0.05) is 57.9 Å². The summed E-state index contributed by atoms with van der Waals surface area (Å²) in [4.78, 5) is 39.1. The molecule has 0 radical (unpaired) electrons. The molecule has 3 aromatic rings. The molecule has 202 valence electrons. The molecule has 1 aromatic heterocycles. The number of ether oxygens (including phenoxy) is 1. The van der Waals surface area contributed by atoms with Crippen LogP contribution in [0.5, 0.6) is 5.75 Å². The van der Waals surface area contributed by atoms with Crippen molar-refractivity contribution in [2.24, 2.45) is 0 Å². The molecule has 0 bridgehead atoms. The SMILES string of the molecule is CCOc1cc(C(=O)N2CCN(C3CC3)CC2)ccc1Nc1cc2c(cn1)N(C)C(=O)c1ccccc1N2C. The highest BCUT2D eigenvalue weighted by Gasteiger charge is 2.33. The van der Waals surface area contributed by atoms with E-state index < -0.39 is 0 Å². The number of fused-ring (bicyclic) bond motifs is 2. The van der Waals surface area contributed by atoms with E-state index in [1.165, 1.54) is 12.8 Å². The number of piperazine rings is 1. The van der Waals surface area contributed by atoms with Crippen molar-refractivity contribution >= 4 is 40.4 Å². The molecule has 6 rings (SSSR count). The monoisotopic (exact) mass is 526 g/mol. The molecule has 1 saturated heterocycles. The quantitative estimate of drug-likeness (QED) is 0.507. The average Bonchev–Trinajstić information content (AvgIpc) is 3.83. The summed E-state index contributed by atoms with van der Waals surface area (Å²) in [5, 5.41) is 3.37. The Morgan fingerprint density at radius 2 is 1.74 bits per heavy atom. The van der Waals surface area contributed by atoms with Crippen LogP contribution in [0.2, 0.25) is 0 Å². The first-order chi connectivity index (χ1) is 18.9. The maximum atomic E-state index is 13.3. The molecule has 9 heteroatoms. The molecule has 1 N–H and O–H groups in total. The van der Waals surface area contributed by atoms with Gasteiger partial charge in [0.15, 0.2) is 0 Å². The van der Waals surface area contributed by atoms with E-state index in [2.05, 4.69) is 15.2 Å². The zero-order valence-electron chi connectivity index (χ0n) is 22.7. The van der Waals surface area contributed by atoms with Crippen molar-refractivity contribution in [3.05, 3.63) is 65.9 Å². The summed E-state index contributed by atoms with van der Waals surface area (Å²) in [6.07, 6.45) is 4.28. The first-order valence-corrected chi connectivity index (χ1v) is 13.6. The van der Waals surface area contributed by atoms with Gasteiger partial charge in [0.05, 0.1) is 41.1 Å². The third-order valence-corrected chi connectivity index (χ3v) is 7.84. The van der Waals surface area contributed by atoms with Gasteiger partial charge in [-0.2, -0.15) is 0 Å². The van der Waals surface area contributed by atoms with Crippen LogP contribution in [0.3, 0.4) is 0 Å². The lowest BCUT2D eigenvalue weighted by Gasteiger charge is -2.35. The van der Waals surface area contributed by atoms with Gasteiger partial charge >= 0.3 is 0 Å². The van der Waals surface area contributed by atoms with Crippen LogP contribution >= 0.6 is 0 Å². The van der Waals surface area contributed by atoms with Crippen LogP contribution in [0, 0.1) is 0 Å². The molecule has 1 saturated carbocycles. The first-order valence-electron chi connectivity index (χ1n) is 13.6. The van der Waals surface area contributed by atoms with Gasteiger partial charge in [-0.15, -0.1) is 0 Å². The van der Waals surface area contributed by atoms with Crippen molar-refractivity contribution in [1.82, 2.24) is 14.8 Å². The van der Waals surface area contributed by atoms with Crippen LogP contribution in [0.1, 0.15) is 40.5 Å². The van der Waals surface area contributed by atoms with E-state index in [1.807, 2.05) is 72.3 Å². The zero-order valence-corrected chi connectivity index (χ0v) is 22.7. The second-order valence-electron chi connectivity index (χ2n) is 10.3. The fraction of sp³-hybridized carbons (Fsp3) is 0.367. The van der Waals surface area contributed by atoms with Gasteiger partial charge in [-0.3, -0.25) is 14.5 Å². The Balaban J connectivity index is 1.25. The van der Waals surface area contributed by atoms with Gasteiger partial charge in [-0.1, -0.05) is 12.1 Å². The lowest BCUT2D eigenvalue weighted by molar-refractivity contribution is 0.0626. The van der Waals surface area contributed by atoms with Crippen molar-refractivity contribution in [2.75, 3.05) is 62.0 Å². The Morgan fingerprint density at radius 1 is 0.974 bits per heavy atom. The summed E-state index contributed by atoms with van der Waals surface area (Å²) in [6, 6.07) is 15.8. The van der Waals surface area contributed by atoms with Crippen LogP contribution in [-0.4, -0.2) is 79.5 Å². The predicted octanol–water partition coefficient (Wildman–Crippen LogP) is 4.50. The van der Waals surface area contributed by atoms with Crippen molar-refractivity contribution in [1.29, 1.82) is 0 Å². The van der Waals surface area contributed by atoms with E-state index in [4.69, 9.17) is 4.74 Å². The summed E-state index contributed by atoms with van der Waals surface area (Å²) in [5.74, 6) is 1.17. The number of aromatic nitrogens is 1. The molecule has 39 heavy (non-hydrogen) atoms. The molecule has 2 aromatic carbocycles. The number of benzene rings is 2. The van der Waals surface area contributed by atoms with Gasteiger partial charge in [0.25, 0.3) is 11.8 Å². The fourth-order valence-electron chi connectivity index (χ4n) is 5.48. The summed E-state index contributed by atoms with van der Waals surface area (Å²) >= 11 is 0. The van der Waals surface area contributed by atoms with E-state index in [0.29, 0.717) is 29.3 Å². The minimum Gasteiger partial charge on any atom is -0.492 e. The predicted molar refractivity (Wildman–Crippen MR) is 153 cm³/mol. The normalized spacial score (nSPS) is 17.4. The van der Waals surface area contributed by atoms with Gasteiger partial charge in [-0.05, 0) is 50.1 Å². The number of anilines is 5. The van der Waals surface area contributed by atoms with Crippen molar-refractivity contribution in [3.8, 4) is 5.75 Å². The number of rotatable bonds is 6. The summed E-state index contributed by atoms with van der Waals surface area (Å²) in [6.45, 7) is 5.79. The highest BCUT2D eigenvalue weighted by Crippen LogP contribution is 2.40. The highest BCUT2D eigenvalue weighted by molar-refractivity contribution is 6.13. The van der Waals surface area contributed by atoms with Gasteiger partial charge < -0.3 is 24.8 Å². The smallest absolute Gasteiger partial charge is 0.260 e. The van der Waals surface area contributed by atoms with E-state index in [1.54, 1.807) is 18.1 Å². The second-order valence-corrected chi connectivity index (χ2v) is 10.3. The molecule has 0 atom stereocenters. The number of carbonyl (C=O) groups is 2. The Morgan fingerprint density at radius 3 is 2.49 bits per heavy atom. The number of carbonyl (C=O) groups excluding carboxylic acids is 2. The lowest BCUT2D eigenvalue weighted by Crippen LogP contribution is -2.49. The lowest BCUT2D eigenvalue weighted by atomic mass is 10.1. The zero-order chi connectivity index (χ0) is 27.1. The van der Waals surface area contributed by atoms with Crippen molar-refractivity contribution in [2.45, 2.75) is 25.8 Å². The number of pyridine rings is 1. The number of nitrogens with zero attached hydrogens (tertiary/aromatic N) is 5. The minimum absolute atomic E-state index is 0.0362. The molecular formula is C30H34N6O3. The summed E-state index contributed by atoms with van der Waals surface area (Å²) in [5.41, 5.74) is 4.39. The number of para-hydroxylation sites is 1. The maximum Gasteiger partial charge on any atom is 0.260 e. The van der Waals surface area contributed by atoms with Crippen LogP contribution < -0.4 is 19.9 Å². The fourth-order valence-corrected chi connectivity index (χ4v) is 5.48. The first kappa shape index (κ1) is 25.2. The molecule has 0 unspecified atom stereocenters. The van der Waals surface area contributed by atoms with Crippen molar-refractivity contribution < 1.29 is 14.3 Å². The van der Waals surface area contributed by atoms with Crippen LogP contribution in [0.25, 0.3) is 0 Å². The van der Waals surface area contributed by atoms with Gasteiger partial charge in [-0.25, -0.2) is 4.98 Å². The van der Waals surface area contributed by atoms with E-state index >= 15 is 0 Å². The van der Waals surface area contributed by atoms with Crippen molar-refractivity contribution in [3.63, 3.8) is 0 Å². The van der Waals surface area contributed by atoms with Gasteiger partial charge in [0.2, 0.25) is 0 Å². The van der Waals surface area contributed by atoms with Crippen LogP contribution in [0.4, 0.5) is 28.6 Å². The Labute approximate surface area is 229 Å². The summed E-state index contributed by atoms with van der Waals surface area (Å²) < 4.78 is 5.94. The molecule has 2 fully saturated rings.